The van der Waals surface area contributed by atoms with Gasteiger partial charge in [-0.15, -0.1) is 0 Å². The summed E-state index contributed by atoms with van der Waals surface area (Å²) in [5.74, 6) is -0.168. The molecule has 0 radical (unpaired) electrons. The quantitative estimate of drug-likeness (QED) is 0.890. The van der Waals surface area contributed by atoms with Gasteiger partial charge in [-0.25, -0.2) is 0 Å². The van der Waals surface area contributed by atoms with Crippen LogP contribution in [0.2, 0.25) is 0 Å². The second-order valence-electron chi connectivity index (χ2n) is 5.25. The van der Waals surface area contributed by atoms with E-state index in [0.717, 1.165) is 0 Å². The van der Waals surface area contributed by atoms with Crippen LogP contribution in [0.25, 0.3) is 0 Å². The first kappa shape index (κ1) is 15.3. The molecule has 21 heavy (non-hydrogen) atoms. The van der Waals surface area contributed by atoms with Crippen molar-refractivity contribution in [2.45, 2.75) is 26.1 Å². The first-order valence-corrected chi connectivity index (χ1v) is 6.91. The summed E-state index contributed by atoms with van der Waals surface area (Å²) in [6.45, 7) is 4.82. The molecule has 2 rings (SSSR count). The largest absolute Gasteiger partial charge is 0.484 e. The third-order valence-corrected chi connectivity index (χ3v) is 3.17. The van der Waals surface area contributed by atoms with E-state index in [4.69, 9.17) is 15.2 Å². The minimum atomic E-state index is -0.553. The van der Waals surface area contributed by atoms with E-state index in [-0.39, 0.29) is 24.7 Å². The lowest BCUT2D eigenvalue weighted by Crippen LogP contribution is -2.48. The van der Waals surface area contributed by atoms with Crippen molar-refractivity contribution < 1.29 is 19.1 Å². The van der Waals surface area contributed by atoms with Gasteiger partial charge in [-0.1, -0.05) is 6.07 Å². The van der Waals surface area contributed by atoms with E-state index in [1.54, 1.807) is 29.2 Å². The maximum Gasteiger partial charge on any atom is 0.255 e. The number of amides is 2. The van der Waals surface area contributed by atoms with Crippen LogP contribution in [0.5, 0.6) is 5.75 Å². The Kier molecular flexibility index (Phi) is 4.80. The van der Waals surface area contributed by atoms with Gasteiger partial charge in [0.2, 0.25) is 0 Å². The Hall–Kier alpha value is -2.08. The van der Waals surface area contributed by atoms with Gasteiger partial charge in [-0.3, -0.25) is 9.59 Å². The lowest BCUT2D eigenvalue weighted by atomic mass is 10.1. The molecule has 2 N–H and O–H groups in total. The SMILES string of the molecule is CC1CN(C(=O)c2cccc(OCC(N)=O)c2)CC(C)O1. The van der Waals surface area contributed by atoms with Gasteiger partial charge in [0.25, 0.3) is 11.8 Å². The fourth-order valence-corrected chi connectivity index (χ4v) is 2.40. The average Bonchev–Trinajstić information content (AvgIpc) is 2.43. The van der Waals surface area contributed by atoms with Crippen molar-refractivity contribution in [2.75, 3.05) is 19.7 Å². The van der Waals surface area contributed by atoms with E-state index in [2.05, 4.69) is 0 Å². The number of carbonyl (C=O) groups is 2. The highest BCUT2D eigenvalue weighted by atomic mass is 16.5. The molecule has 0 aliphatic carbocycles. The third-order valence-electron chi connectivity index (χ3n) is 3.17. The van der Waals surface area contributed by atoms with Crippen molar-refractivity contribution >= 4 is 11.8 Å². The average molecular weight is 292 g/mol. The smallest absolute Gasteiger partial charge is 0.255 e. The number of primary amides is 1. The van der Waals surface area contributed by atoms with Gasteiger partial charge in [0.05, 0.1) is 12.2 Å². The fourth-order valence-electron chi connectivity index (χ4n) is 2.40. The molecule has 0 aromatic heterocycles. The van der Waals surface area contributed by atoms with E-state index in [9.17, 15) is 9.59 Å². The first-order chi connectivity index (χ1) is 9.95. The highest BCUT2D eigenvalue weighted by molar-refractivity contribution is 5.94. The van der Waals surface area contributed by atoms with Crippen molar-refractivity contribution in [1.29, 1.82) is 0 Å². The molecule has 0 bridgehead atoms. The summed E-state index contributed by atoms with van der Waals surface area (Å²) in [5, 5.41) is 0. The molecule has 1 fully saturated rings. The van der Waals surface area contributed by atoms with Crippen LogP contribution >= 0.6 is 0 Å². The van der Waals surface area contributed by atoms with Crippen molar-refractivity contribution in [3.8, 4) is 5.75 Å². The first-order valence-electron chi connectivity index (χ1n) is 6.91. The number of nitrogens with two attached hydrogens (primary N) is 1. The normalized spacial score (nSPS) is 21.9. The number of ether oxygens (including phenoxy) is 2. The van der Waals surface area contributed by atoms with Gasteiger partial charge in [0.1, 0.15) is 5.75 Å². The predicted molar refractivity (Wildman–Crippen MR) is 77.0 cm³/mol. The second kappa shape index (κ2) is 6.58. The van der Waals surface area contributed by atoms with Crippen molar-refractivity contribution in [3.63, 3.8) is 0 Å². The van der Waals surface area contributed by atoms with Crippen LogP contribution in [0.1, 0.15) is 24.2 Å². The molecule has 1 aromatic rings. The van der Waals surface area contributed by atoms with E-state index < -0.39 is 5.91 Å². The van der Waals surface area contributed by atoms with E-state index in [1.807, 2.05) is 13.8 Å². The molecule has 1 aromatic carbocycles. The molecule has 2 unspecified atom stereocenters. The third kappa shape index (κ3) is 4.19. The molecular formula is C15H20N2O4. The van der Waals surface area contributed by atoms with Crippen LogP contribution in [0.3, 0.4) is 0 Å². The van der Waals surface area contributed by atoms with E-state index >= 15 is 0 Å². The topological polar surface area (TPSA) is 81.9 Å². The minimum Gasteiger partial charge on any atom is -0.484 e. The zero-order valence-corrected chi connectivity index (χ0v) is 12.2. The molecule has 0 spiro atoms. The van der Waals surface area contributed by atoms with Crippen LogP contribution < -0.4 is 10.5 Å². The Morgan fingerprint density at radius 1 is 1.33 bits per heavy atom. The second-order valence-corrected chi connectivity index (χ2v) is 5.25. The lowest BCUT2D eigenvalue weighted by Gasteiger charge is -2.35. The Morgan fingerprint density at radius 3 is 2.62 bits per heavy atom. The summed E-state index contributed by atoms with van der Waals surface area (Å²) in [4.78, 5) is 25.0. The number of nitrogens with zero attached hydrogens (tertiary/aromatic N) is 1. The van der Waals surface area contributed by atoms with Gasteiger partial charge < -0.3 is 20.1 Å². The minimum absolute atomic E-state index is 0.0204. The number of carbonyl (C=O) groups excluding carboxylic acids is 2. The number of hydrogen-bond donors (Lipinski definition) is 1. The Labute approximate surface area is 123 Å². The van der Waals surface area contributed by atoms with Crippen LogP contribution in [0, 0.1) is 0 Å². The van der Waals surface area contributed by atoms with Gasteiger partial charge in [0.15, 0.2) is 6.61 Å². The van der Waals surface area contributed by atoms with Gasteiger partial charge in [0, 0.05) is 18.7 Å². The maximum atomic E-state index is 12.5. The molecular weight excluding hydrogens is 272 g/mol. The molecule has 1 heterocycles. The fraction of sp³-hybridized carbons (Fsp3) is 0.467. The Bertz CT molecular complexity index is 522. The number of hydrogen-bond acceptors (Lipinski definition) is 4. The molecule has 1 aliphatic heterocycles. The maximum absolute atomic E-state index is 12.5. The summed E-state index contributed by atoms with van der Waals surface area (Å²) >= 11 is 0. The monoisotopic (exact) mass is 292 g/mol. The molecule has 1 saturated heterocycles. The zero-order chi connectivity index (χ0) is 15.4. The Morgan fingerprint density at radius 2 is 2.00 bits per heavy atom. The lowest BCUT2D eigenvalue weighted by molar-refractivity contribution is -0.119. The number of morpholine rings is 1. The van der Waals surface area contributed by atoms with Crippen molar-refractivity contribution in [1.82, 2.24) is 4.90 Å². The summed E-state index contributed by atoms with van der Waals surface area (Å²) in [5.41, 5.74) is 5.56. The van der Waals surface area contributed by atoms with Crippen LogP contribution in [-0.2, 0) is 9.53 Å². The van der Waals surface area contributed by atoms with E-state index in [0.29, 0.717) is 24.4 Å². The molecule has 0 saturated carbocycles. The van der Waals surface area contributed by atoms with Crippen molar-refractivity contribution in [3.05, 3.63) is 29.8 Å². The summed E-state index contributed by atoms with van der Waals surface area (Å²) < 4.78 is 10.8. The molecule has 6 heteroatoms. The van der Waals surface area contributed by atoms with Crippen molar-refractivity contribution in [2.24, 2.45) is 5.73 Å². The predicted octanol–water partition coefficient (Wildman–Crippen LogP) is 0.800. The summed E-state index contributed by atoms with van der Waals surface area (Å²) in [6.07, 6.45) is 0.0407. The van der Waals surface area contributed by atoms with Crippen LogP contribution in [-0.4, -0.2) is 48.6 Å². The molecule has 2 atom stereocenters. The summed E-state index contributed by atoms with van der Waals surface area (Å²) in [7, 11) is 0. The molecule has 6 nitrogen and oxygen atoms in total. The van der Waals surface area contributed by atoms with Crippen LogP contribution in [0.15, 0.2) is 24.3 Å². The zero-order valence-electron chi connectivity index (χ0n) is 12.2. The molecule has 1 aliphatic rings. The molecule has 2 amide bonds. The highest BCUT2D eigenvalue weighted by Crippen LogP contribution is 2.18. The molecule has 114 valence electrons. The van der Waals surface area contributed by atoms with E-state index in [1.165, 1.54) is 0 Å². The summed E-state index contributed by atoms with van der Waals surface area (Å²) in [6, 6.07) is 6.75. The Balaban J connectivity index is 2.08. The number of benzene rings is 1. The standard InChI is InChI=1S/C15H20N2O4/c1-10-7-17(8-11(2)21-10)15(19)12-4-3-5-13(6-12)20-9-14(16)18/h3-6,10-11H,7-9H2,1-2H3,(H2,16,18). The van der Waals surface area contributed by atoms with Gasteiger partial charge in [-0.2, -0.15) is 0 Å². The highest BCUT2D eigenvalue weighted by Gasteiger charge is 2.26. The van der Waals surface area contributed by atoms with Gasteiger partial charge >= 0.3 is 0 Å². The van der Waals surface area contributed by atoms with Gasteiger partial charge in [-0.05, 0) is 32.0 Å². The van der Waals surface area contributed by atoms with Crippen LogP contribution in [0.4, 0.5) is 0 Å². The number of rotatable bonds is 4.